The molecule has 0 atom stereocenters. The van der Waals surface area contributed by atoms with Crippen LogP contribution in [0.3, 0.4) is 0 Å². The summed E-state index contributed by atoms with van der Waals surface area (Å²) < 4.78 is 10.7. The largest absolute Gasteiger partial charge is 0.469 e. The zero-order valence-corrected chi connectivity index (χ0v) is 12.3. The highest BCUT2D eigenvalue weighted by molar-refractivity contribution is 5.56. The average Bonchev–Trinajstić information content (AvgIpc) is 3.07. The van der Waals surface area contributed by atoms with Crippen molar-refractivity contribution < 1.29 is 8.94 Å². The summed E-state index contributed by atoms with van der Waals surface area (Å²) in [5.41, 5.74) is 7.98. The third-order valence-corrected chi connectivity index (χ3v) is 3.69. The topological polar surface area (TPSA) is 78.1 Å². The summed E-state index contributed by atoms with van der Waals surface area (Å²) in [5, 5.41) is 4.06. The summed E-state index contributed by atoms with van der Waals surface area (Å²) in [5.74, 6) is 1.87. The van der Waals surface area contributed by atoms with Crippen LogP contribution in [0.4, 0.5) is 5.69 Å². The van der Waals surface area contributed by atoms with Crippen LogP contribution in [0.5, 0.6) is 0 Å². The van der Waals surface area contributed by atoms with E-state index in [0.29, 0.717) is 11.7 Å². The molecular weight excluding hydrogens is 266 g/mol. The lowest BCUT2D eigenvalue weighted by molar-refractivity contribution is 0.333. The molecule has 3 aromatic rings. The molecule has 2 N–H and O–H groups in total. The zero-order valence-electron chi connectivity index (χ0n) is 12.3. The second-order valence-corrected chi connectivity index (χ2v) is 5.56. The van der Waals surface area contributed by atoms with Crippen molar-refractivity contribution in [1.82, 2.24) is 10.1 Å². The van der Waals surface area contributed by atoms with Gasteiger partial charge in [0.2, 0.25) is 11.7 Å². The second-order valence-electron chi connectivity index (χ2n) is 5.56. The van der Waals surface area contributed by atoms with Crippen LogP contribution in [0.1, 0.15) is 31.1 Å². The first-order valence-electron chi connectivity index (χ1n) is 6.73. The third-order valence-electron chi connectivity index (χ3n) is 3.69. The van der Waals surface area contributed by atoms with Gasteiger partial charge in [-0.15, -0.1) is 0 Å². The van der Waals surface area contributed by atoms with Gasteiger partial charge in [0.05, 0.1) is 17.2 Å². The van der Waals surface area contributed by atoms with Crippen molar-refractivity contribution in [3.05, 3.63) is 53.8 Å². The van der Waals surface area contributed by atoms with E-state index in [-0.39, 0.29) is 0 Å². The minimum atomic E-state index is -0.392. The van der Waals surface area contributed by atoms with Gasteiger partial charge in [-0.1, -0.05) is 17.3 Å². The summed E-state index contributed by atoms with van der Waals surface area (Å²) in [6, 6.07) is 9.52. The molecule has 2 aromatic heterocycles. The highest BCUT2D eigenvalue weighted by atomic mass is 16.5. The number of nitrogen functional groups attached to an aromatic ring is 1. The van der Waals surface area contributed by atoms with Crippen LogP contribution in [-0.2, 0) is 5.41 Å². The summed E-state index contributed by atoms with van der Waals surface area (Å²) in [6.45, 7) is 5.95. The Hall–Kier alpha value is -2.56. The Morgan fingerprint density at radius 3 is 2.43 bits per heavy atom. The van der Waals surface area contributed by atoms with Gasteiger partial charge in [0.1, 0.15) is 5.76 Å². The smallest absolute Gasteiger partial charge is 0.237 e. The Kier molecular flexibility index (Phi) is 3.05. The molecule has 5 heteroatoms. The number of nitrogens with zero attached hydrogens (tertiary/aromatic N) is 2. The molecule has 108 valence electrons. The number of benzene rings is 1. The van der Waals surface area contributed by atoms with Gasteiger partial charge in [0.15, 0.2) is 0 Å². The predicted molar refractivity (Wildman–Crippen MR) is 79.7 cm³/mol. The molecule has 0 spiro atoms. The van der Waals surface area contributed by atoms with Crippen molar-refractivity contribution in [3.8, 4) is 11.4 Å². The fourth-order valence-corrected chi connectivity index (χ4v) is 2.23. The van der Waals surface area contributed by atoms with Crippen LogP contribution in [0.25, 0.3) is 11.4 Å². The van der Waals surface area contributed by atoms with E-state index in [9.17, 15) is 0 Å². The molecule has 1 aromatic carbocycles. The number of anilines is 1. The van der Waals surface area contributed by atoms with Crippen molar-refractivity contribution in [2.24, 2.45) is 0 Å². The van der Waals surface area contributed by atoms with Gasteiger partial charge in [0.25, 0.3) is 0 Å². The summed E-state index contributed by atoms with van der Waals surface area (Å²) in [7, 11) is 0. The van der Waals surface area contributed by atoms with Crippen LogP contribution < -0.4 is 5.73 Å². The number of rotatable bonds is 3. The van der Waals surface area contributed by atoms with Crippen LogP contribution in [0.15, 0.2) is 45.5 Å². The maximum Gasteiger partial charge on any atom is 0.237 e. The highest BCUT2D eigenvalue weighted by Gasteiger charge is 2.30. The predicted octanol–water partition coefficient (Wildman–Crippen LogP) is 3.55. The molecule has 0 saturated carbocycles. The molecule has 0 unspecified atom stereocenters. The minimum Gasteiger partial charge on any atom is -0.469 e. The van der Waals surface area contributed by atoms with Crippen molar-refractivity contribution in [2.75, 3.05) is 5.73 Å². The first-order valence-corrected chi connectivity index (χ1v) is 6.73. The Bertz CT molecular complexity index is 754. The van der Waals surface area contributed by atoms with Crippen molar-refractivity contribution >= 4 is 5.69 Å². The summed E-state index contributed by atoms with van der Waals surface area (Å²) in [4.78, 5) is 4.52. The average molecular weight is 283 g/mol. The molecule has 3 rings (SSSR count). The highest BCUT2D eigenvalue weighted by Crippen LogP contribution is 2.32. The standard InChI is InChI=1S/C16H17N3O2/c1-10-13(8-9-20-10)14-18-15(21-19-14)16(2,3)11-4-6-12(17)7-5-11/h4-9H,17H2,1-3H3. The number of hydrogen-bond donors (Lipinski definition) is 1. The van der Waals surface area contributed by atoms with E-state index >= 15 is 0 Å². The van der Waals surface area contributed by atoms with Crippen molar-refractivity contribution in [3.63, 3.8) is 0 Å². The molecule has 0 radical (unpaired) electrons. The van der Waals surface area contributed by atoms with Crippen LogP contribution in [-0.4, -0.2) is 10.1 Å². The first kappa shape index (κ1) is 13.4. The van der Waals surface area contributed by atoms with E-state index in [1.807, 2.05) is 51.1 Å². The van der Waals surface area contributed by atoms with Gasteiger partial charge < -0.3 is 14.7 Å². The minimum absolute atomic E-state index is 0.392. The lowest BCUT2D eigenvalue weighted by atomic mass is 9.84. The van der Waals surface area contributed by atoms with E-state index in [2.05, 4.69) is 10.1 Å². The van der Waals surface area contributed by atoms with Crippen LogP contribution >= 0.6 is 0 Å². The Balaban J connectivity index is 1.98. The molecule has 2 heterocycles. The molecule has 0 bridgehead atoms. The van der Waals surface area contributed by atoms with Gasteiger partial charge in [-0.25, -0.2) is 0 Å². The van der Waals surface area contributed by atoms with Crippen LogP contribution in [0, 0.1) is 6.92 Å². The summed E-state index contributed by atoms with van der Waals surface area (Å²) in [6.07, 6.45) is 1.62. The SMILES string of the molecule is Cc1occc1-c1noc(C(C)(C)c2ccc(N)cc2)n1. The number of aromatic nitrogens is 2. The van der Waals surface area contributed by atoms with Gasteiger partial charge in [-0.2, -0.15) is 4.98 Å². The second kappa shape index (κ2) is 4.77. The van der Waals surface area contributed by atoms with E-state index in [4.69, 9.17) is 14.7 Å². The normalized spacial score (nSPS) is 11.8. The molecule has 0 fully saturated rings. The number of nitrogens with two attached hydrogens (primary N) is 1. The zero-order chi connectivity index (χ0) is 15.0. The Labute approximate surface area is 122 Å². The van der Waals surface area contributed by atoms with E-state index in [1.165, 1.54) is 0 Å². The van der Waals surface area contributed by atoms with Crippen LogP contribution in [0.2, 0.25) is 0 Å². The first-order chi connectivity index (χ1) is 9.98. The molecule has 0 aliphatic rings. The molecule has 0 saturated heterocycles. The van der Waals surface area contributed by atoms with Gasteiger partial charge >= 0.3 is 0 Å². The summed E-state index contributed by atoms with van der Waals surface area (Å²) >= 11 is 0. The number of hydrogen-bond acceptors (Lipinski definition) is 5. The van der Waals surface area contributed by atoms with E-state index in [1.54, 1.807) is 6.26 Å². The van der Waals surface area contributed by atoms with Crippen molar-refractivity contribution in [1.29, 1.82) is 0 Å². The monoisotopic (exact) mass is 283 g/mol. The lowest BCUT2D eigenvalue weighted by Gasteiger charge is -2.20. The molecule has 0 aliphatic carbocycles. The molecular formula is C16H17N3O2. The van der Waals surface area contributed by atoms with Gasteiger partial charge in [-0.3, -0.25) is 0 Å². The number of aryl methyl sites for hydroxylation is 1. The van der Waals surface area contributed by atoms with E-state index in [0.717, 1.165) is 22.6 Å². The van der Waals surface area contributed by atoms with Gasteiger partial charge in [-0.05, 0) is 44.5 Å². The number of furan rings is 1. The maximum absolute atomic E-state index is 5.73. The Morgan fingerprint density at radius 2 is 1.81 bits per heavy atom. The fourth-order valence-electron chi connectivity index (χ4n) is 2.23. The molecule has 0 amide bonds. The Morgan fingerprint density at radius 1 is 1.10 bits per heavy atom. The fraction of sp³-hybridized carbons (Fsp3) is 0.250. The quantitative estimate of drug-likeness (QED) is 0.744. The van der Waals surface area contributed by atoms with Crippen molar-refractivity contribution in [2.45, 2.75) is 26.2 Å². The van der Waals surface area contributed by atoms with Gasteiger partial charge in [0, 0.05) is 5.69 Å². The lowest BCUT2D eigenvalue weighted by Crippen LogP contribution is -2.19. The maximum atomic E-state index is 5.73. The molecule has 0 aliphatic heterocycles. The molecule has 21 heavy (non-hydrogen) atoms. The van der Waals surface area contributed by atoms with E-state index < -0.39 is 5.41 Å². The molecule has 5 nitrogen and oxygen atoms in total. The third kappa shape index (κ3) is 2.31.